The zero-order chi connectivity index (χ0) is 28.6. The van der Waals surface area contributed by atoms with Crippen molar-refractivity contribution in [2.45, 2.75) is 26.7 Å². The molecule has 1 aliphatic heterocycles. The monoisotopic (exact) mass is 586 g/mol. The first-order chi connectivity index (χ1) is 19.2. The quantitative estimate of drug-likeness (QED) is 0.285. The van der Waals surface area contributed by atoms with Gasteiger partial charge in [-0.3, -0.25) is 19.3 Å². The predicted molar refractivity (Wildman–Crippen MR) is 154 cm³/mol. The second-order valence-electron chi connectivity index (χ2n) is 9.21. The fourth-order valence-electron chi connectivity index (χ4n) is 4.08. The van der Waals surface area contributed by atoms with Crippen molar-refractivity contribution in [2.24, 2.45) is 5.73 Å². The van der Waals surface area contributed by atoms with Crippen molar-refractivity contribution in [3.05, 3.63) is 51.7 Å². The van der Waals surface area contributed by atoms with Gasteiger partial charge >= 0.3 is 5.97 Å². The van der Waals surface area contributed by atoms with E-state index < -0.39 is 11.9 Å². The number of thiazole rings is 1. The van der Waals surface area contributed by atoms with Gasteiger partial charge in [0.2, 0.25) is 5.91 Å². The van der Waals surface area contributed by atoms with Gasteiger partial charge < -0.3 is 26.0 Å². The molecule has 0 atom stereocenters. The van der Waals surface area contributed by atoms with Gasteiger partial charge in [0, 0.05) is 45.2 Å². The van der Waals surface area contributed by atoms with Gasteiger partial charge in [0.05, 0.1) is 23.3 Å². The van der Waals surface area contributed by atoms with Crippen LogP contribution in [-0.4, -0.2) is 77.0 Å². The number of carbonyl (C=O) groups is 3. The summed E-state index contributed by atoms with van der Waals surface area (Å²) < 4.78 is 5.18. The smallest absolute Gasteiger partial charge is 0.306 e. The van der Waals surface area contributed by atoms with Crippen LogP contribution in [0.15, 0.2) is 30.5 Å². The van der Waals surface area contributed by atoms with Gasteiger partial charge in [-0.2, -0.15) is 0 Å². The second kappa shape index (κ2) is 13.5. The standard InChI is InChI=1S/C26H31ClN8O4S/c1-16-4-3-5-18(27)24(16)33-25(38)19-15-29-26(40-19)32-21-14-22(31-17(2)30-21)35-10-8-34(9-11-35)12-13-39-23(37)7-6-20(28)36/h3-5,14-15H,6-13H2,1-2H3,(H2,28,36)(H,33,38)(H,29,30,31,32). The van der Waals surface area contributed by atoms with E-state index in [-0.39, 0.29) is 25.4 Å². The highest BCUT2D eigenvalue weighted by Gasteiger charge is 2.20. The maximum Gasteiger partial charge on any atom is 0.306 e. The molecule has 3 heterocycles. The fraction of sp³-hybridized carbons (Fsp3) is 0.385. The van der Waals surface area contributed by atoms with Gasteiger partial charge in [0.1, 0.15) is 28.9 Å². The Kier molecular flexibility index (Phi) is 9.85. The number of hydrogen-bond donors (Lipinski definition) is 3. The van der Waals surface area contributed by atoms with Crippen LogP contribution in [0.2, 0.25) is 5.02 Å². The van der Waals surface area contributed by atoms with Crippen LogP contribution < -0.4 is 21.3 Å². The van der Waals surface area contributed by atoms with E-state index in [1.165, 1.54) is 17.5 Å². The second-order valence-corrected chi connectivity index (χ2v) is 10.7. The first-order valence-corrected chi connectivity index (χ1v) is 13.9. The molecule has 0 unspecified atom stereocenters. The highest BCUT2D eigenvalue weighted by Crippen LogP contribution is 2.28. The van der Waals surface area contributed by atoms with Crippen LogP contribution in [0.1, 0.15) is 33.9 Å². The predicted octanol–water partition coefficient (Wildman–Crippen LogP) is 3.13. The third kappa shape index (κ3) is 8.10. The number of esters is 1. The van der Waals surface area contributed by atoms with Crippen molar-refractivity contribution in [3.8, 4) is 0 Å². The fourth-order valence-corrected chi connectivity index (χ4v) is 5.06. The molecule has 0 radical (unpaired) electrons. The van der Waals surface area contributed by atoms with Crippen molar-refractivity contribution >= 4 is 63.2 Å². The molecule has 40 heavy (non-hydrogen) atoms. The molecule has 12 nitrogen and oxygen atoms in total. The van der Waals surface area contributed by atoms with E-state index in [9.17, 15) is 14.4 Å². The lowest BCUT2D eigenvalue weighted by atomic mass is 10.2. The minimum atomic E-state index is -0.519. The minimum Gasteiger partial charge on any atom is -0.464 e. The molecular formula is C26H31ClN8O4S. The van der Waals surface area contributed by atoms with Crippen LogP contribution in [0.3, 0.4) is 0 Å². The number of halogens is 1. The third-order valence-electron chi connectivity index (χ3n) is 6.19. The summed E-state index contributed by atoms with van der Waals surface area (Å²) in [6.07, 6.45) is 1.51. The average molecular weight is 587 g/mol. The van der Waals surface area contributed by atoms with Gasteiger partial charge in [-0.05, 0) is 25.5 Å². The van der Waals surface area contributed by atoms with E-state index >= 15 is 0 Å². The number of amides is 2. The maximum absolute atomic E-state index is 12.8. The molecule has 1 aromatic carbocycles. The SMILES string of the molecule is Cc1nc(Nc2ncc(C(=O)Nc3c(C)cccc3Cl)s2)cc(N2CCN(CCOC(=O)CCC(N)=O)CC2)n1. The van der Waals surface area contributed by atoms with E-state index in [1.807, 2.05) is 32.0 Å². The Morgan fingerprint density at radius 1 is 1.12 bits per heavy atom. The molecule has 3 aromatic rings. The Bertz CT molecular complexity index is 1360. The van der Waals surface area contributed by atoms with E-state index in [0.717, 1.165) is 37.6 Å². The number of aromatic nitrogens is 3. The lowest BCUT2D eigenvalue weighted by molar-refractivity contribution is -0.145. The molecule has 4 N–H and O–H groups in total. The molecule has 1 aliphatic rings. The number of nitrogens with two attached hydrogens (primary N) is 1. The van der Waals surface area contributed by atoms with E-state index in [2.05, 4.69) is 35.4 Å². The number of nitrogens with one attached hydrogen (secondary N) is 2. The van der Waals surface area contributed by atoms with Crippen LogP contribution in [0.4, 0.5) is 22.5 Å². The number of nitrogens with zero attached hydrogens (tertiary/aromatic N) is 5. The van der Waals surface area contributed by atoms with E-state index in [0.29, 0.717) is 38.9 Å². The summed E-state index contributed by atoms with van der Waals surface area (Å²) in [4.78, 5) is 53.4. The number of piperazine rings is 1. The summed E-state index contributed by atoms with van der Waals surface area (Å²) in [5, 5.41) is 7.05. The zero-order valence-corrected chi connectivity index (χ0v) is 23.8. The summed E-state index contributed by atoms with van der Waals surface area (Å²) in [6.45, 7) is 7.63. The first-order valence-electron chi connectivity index (χ1n) is 12.7. The number of para-hydroxylation sites is 1. The largest absolute Gasteiger partial charge is 0.464 e. The molecule has 212 valence electrons. The summed E-state index contributed by atoms with van der Waals surface area (Å²) in [7, 11) is 0. The minimum absolute atomic E-state index is 0.00427. The summed E-state index contributed by atoms with van der Waals surface area (Å²) in [5.41, 5.74) is 6.50. The normalized spacial score (nSPS) is 13.6. The first kappa shape index (κ1) is 29.2. The Morgan fingerprint density at radius 3 is 2.62 bits per heavy atom. The molecule has 0 saturated carbocycles. The number of anilines is 4. The number of benzene rings is 1. The lowest BCUT2D eigenvalue weighted by Crippen LogP contribution is -2.47. The van der Waals surface area contributed by atoms with Crippen LogP contribution in [-0.2, 0) is 14.3 Å². The molecule has 2 aromatic heterocycles. The zero-order valence-electron chi connectivity index (χ0n) is 22.3. The Morgan fingerprint density at radius 2 is 1.90 bits per heavy atom. The van der Waals surface area contributed by atoms with Gasteiger partial charge in [-0.15, -0.1) is 0 Å². The van der Waals surface area contributed by atoms with E-state index in [1.54, 1.807) is 6.07 Å². The van der Waals surface area contributed by atoms with Crippen molar-refractivity contribution in [3.63, 3.8) is 0 Å². The number of hydrogen-bond acceptors (Lipinski definition) is 11. The summed E-state index contributed by atoms with van der Waals surface area (Å²) in [6, 6.07) is 7.30. The van der Waals surface area contributed by atoms with Crippen LogP contribution in [0.25, 0.3) is 0 Å². The number of carbonyl (C=O) groups excluding carboxylic acids is 3. The number of aryl methyl sites for hydroxylation is 2. The average Bonchev–Trinajstić information content (AvgIpc) is 3.38. The highest BCUT2D eigenvalue weighted by molar-refractivity contribution is 7.17. The molecule has 2 amide bonds. The van der Waals surface area contributed by atoms with Crippen molar-refractivity contribution in [1.29, 1.82) is 0 Å². The van der Waals surface area contributed by atoms with Gasteiger partial charge in [-0.1, -0.05) is 35.1 Å². The Hall–Kier alpha value is -3.81. The molecule has 4 rings (SSSR count). The Balaban J connectivity index is 1.29. The van der Waals surface area contributed by atoms with Gasteiger partial charge in [-0.25, -0.2) is 15.0 Å². The molecule has 0 aliphatic carbocycles. The third-order valence-corrected chi connectivity index (χ3v) is 7.42. The lowest BCUT2D eigenvalue weighted by Gasteiger charge is -2.35. The number of ether oxygens (including phenoxy) is 1. The summed E-state index contributed by atoms with van der Waals surface area (Å²) >= 11 is 7.45. The van der Waals surface area contributed by atoms with Crippen LogP contribution in [0, 0.1) is 13.8 Å². The Labute approximate surface area is 240 Å². The number of rotatable bonds is 11. The van der Waals surface area contributed by atoms with Crippen molar-refractivity contribution in [1.82, 2.24) is 19.9 Å². The molecule has 1 saturated heterocycles. The number of primary amides is 1. The molecule has 0 bridgehead atoms. The van der Waals surface area contributed by atoms with Gasteiger partial charge in [0.25, 0.3) is 5.91 Å². The highest BCUT2D eigenvalue weighted by atomic mass is 35.5. The van der Waals surface area contributed by atoms with Crippen LogP contribution >= 0.6 is 22.9 Å². The summed E-state index contributed by atoms with van der Waals surface area (Å²) in [5.74, 6) is 0.744. The van der Waals surface area contributed by atoms with Gasteiger partial charge in [0.15, 0.2) is 5.13 Å². The van der Waals surface area contributed by atoms with Crippen LogP contribution in [0.5, 0.6) is 0 Å². The maximum atomic E-state index is 12.8. The molecular weight excluding hydrogens is 556 g/mol. The van der Waals surface area contributed by atoms with E-state index in [4.69, 9.17) is 22.1 Å². The molecule has 14 heteroatoms. The topological polar surface area (TPSA) is 156 Å². The molecule has 1 fully saturated rings. The molecule has 0 spiro atoms. The van der Waals surface area contributed by atoms with Crippen molar-refractivity contribution < 1.29 is 19.1 Å². The van der Waals surface area contributed by atoms with Crippen molar-refractivity contribution in [2.75, 3.05) is 54.9 Å².